The van der Waals surface area contributed by atoms with Gasteiger partial charge in [0.1, 0.15) is 11.6 Å². The summed E-state index contributed by atoms with van der Waals surface area (Å²) >= 11 is 0. The van der Waals surface area contributed by atoms with Gasteiger partial charge in [-0.3, -0.25) is 4.79 Å². The van der Waals surface area contributed by atoms with Crippen LogP contribution in [-0.4, -0.2) is 64.4 Å². The van der Waals surface area contributed by atoms with Gasteiger partial charge < -0.3 is 30.3 Å². The maximum Gasteiger partial charge on any atom is 0.416 e. The molecule has 0 aromatic heterocycles. The van der Waals surface area contributed by atoms with Gasteiger partial charge in [-0.25, -0.2) is 4.99 Å². The Balaban J connectivity index is 1.55. The number of carbonyl (C=O) groups excluding carboxylic acids is 1. The molecule has 0 aliphatic carbocycles. The number of nitrogens with zero attached hydrogens (tertiary/aromatic N) is 2. The van der Waals surface area contributed by atoms with E-state index in [-0.39, 0.29) is 12.3 Å². The normalized spacial score (nSPS) is 18.1. The van der Waals surface area contributed by atoms with E-state index in [1.807, 2.05) is 18.2 Å². The quantitative estimate of drug-likeness (QED) is 0.552. The average molecular weight is 504 g/mol. The second-order valence-corrected chi connectivity index (χ2v) is 8.33. The van der Waals surface area contributed by atoms with E-state index in [0.717, 1.165) is 25.0 Å². The minimum absolute atomic E-state index is 0.0517. The van der Waals surface area contributed by atoms with Crippen LogP contribution in [0.2, 0.25) is 0 Å². The SMILES string of the molecule is CNC(=O)c1cccc(NC2CC(Nc3ccc(N4CCOCC4)cc3OC)=NC=C2C(F)(F)F)c1. The van der Waals surface area contributed by atoms with Crippen molar-refractivity contribution in [2.75, 3.05) is 56.0 Å². The van der Waals surface area contributed by atoms with Crippen molar-refractivity contribution >= 4 is 28.8 Å². The molecule has 2 aliphatic rings. The molecule has 2 aromatic carbocycles. The zero-order chi connectivity index (χ0) is 25.7. The second-order valence-electron chi connectivity index (χ2n) is 8.33. The van der Waals surface area contributed by atoms with Crippen molar-refractivity contribution in [3.05, 3.63) is 59.8 Å². The van der Waals surface area contributed by atoms with Crippen LogP contribution in [0.5, 0.6) is 5.75 Å². The molecule has 0 bridgehead atoms. The van der Waals surface area contributed by atoms with E-state index < -0.39 is 17.8 Å². The van der Waals surface area contributed by atoms with Gasteiger partial charge in [0.2, 0.25) is 0 Å². The number of aliphatic imine (C=N–C) groups is 1. The van der Waals surface area contributed by atoms with Crippen LogP contribution in [0.15, 0.2) is 59.2 Å². The first kappa shape index (κ1) is 25.4. The lowest BCUT2D eigenvalue weighted by atomic mass is 10.0. The molecule has 36 heavy (non-hydrogen) atoms. The van der Waals surface area contributed by atoms with Crippen LogP contribution in [0.4, 0.5) is 30.2 Å². The lowest BCUT2D eigenvalue weighted by molar-refractivity contribution is -0.0951. The van der Waals surface area contributed by atoms with Crippen LogP contribution in [0, 0.1) is 0 Å². The summed E-state index contributed by atoms with van der Waals surface area (Å²) in [6, 6.07) is 10.9. The molecule has 11 heteroatoms. The van der Waals surface area contributed by atoms with E-state index in [1.54, 1.807) is 18.2 Å². The number of morpholine rings is 1. The van der Waals surface area contributed by atoms with E-state index in [4.69, 9.17) is 9.47 Å². The Morgan fingerprint density at radius 3 is 2.64 bits per heavy atom. The number of nitrogens with one attached hydrogen (secondary N) is 3. The Kier molecular flexibility index (Phi) is 7.68. The first-order valence-corrected chi connectivity index (χ1v) is 11.5. The van der Waals surface area contributed by atoms with Gasteiger partial charge in [-0.2, -0.15) is 13.2 Å². The fourth-order valence-corrected chi connectivity index (χ4v) is 4.13. The number of amidine groups is 1. The summed E-state index contributed by atoms with van der Waals surface area (Å²) in [6.07, 6.45) is -3.78. The molecule has 2 aliphatic heterocycles. The van der Waals surface area contributed by atoms with Crippen molar-refractivity contribution in [3.63, 3.8) is 0 Å². The third-order valence-electron chi connectivity index (χ3n) is 5.99. The van der Waals surface area contributed by atoms with Crippen LogP contribution >= 0.6 is 0 Å². The summed E-state index contributed by atoms with van der Waals surface area (Å²) in [6.45, 7) is 2.82. The van der Waals surface area contributed by atoms with E-state index >= 15 is 0 Å². The maximum absolute atomic E-state index is 13.8. The molecule has 8 nitrogen and oxygen atoms in total. The monoisotopic (exact) mass is 503 g/mol. The van der Waals surface area contributed by atoms with Gasteiger partial charge in [-0.05, 0) is 30.3 Å². The summed E-state index contributed by atoms with van der Waals surface area (Å²) in [4.78, 5) is 18.2. The lowest BCUT2D eigenvalue weighted by Crippen LogP contribution is -2.37. The molecule has 1 unspecified atom stereocenters. The summed E-state index contributed by atoms with van der Waals surface area (Å²) in [7, 11) is 3.03. The van der Waals surface area contributed by atoms with Crippen molar-refractivity contribution in [2.45, 2.75) is 18.6 Å². The number of carbonyl (C=O) groups is 1. The first-order chi connectivity index (χ1) is 17.3. The second kappa shape index (κ2) is 10.9. The zero-order valence-corrected chi connectivity index (χ0v) is 20.0. The van der Waals surface area contributed by atoms with Crippen molar-refractivity contribution < 1.29 is 27.4 Å². The van der Waals surface area contributed by atoms with Gasteiger partial charge in [0.25, 0.3) is 5.91 Å². The van der Waals surface area contributed by atoms with Crippen LogP contribution in [0.25, 0.3) is 0 Å². The molecule has 1 atom stereocenters. The van der Waals surface area contributed by atoms with Crippen LogP contribution in [0.3, 0.4) is 0 Å². The van der Waals surface area contributed by atoms with Gasteiger partial charge in [0, 0.05) is 55.8 Å². The minimum atomic E-state index is -4.57. The third kappa shape index (κ3) is 5.91. The molecule has 0 saturated carbocycles. The van der Waals surface area contributed by atoms with Crippen molar-refractivity contribution in [3.8, 4) is 5.75 Å². The smallest absolute Gasteiger partial charge is 0.416 e. The highest BCUT2D eigenvalue weighted by atomic mass is 19.4. The summed E-state index contributed by atoms with van der Waals surface area (Å²) < 4.78 is 52.2. The van der Waals surface area contributed by atoms with Crippen LogP contribution < -0.4 is 25.6 Å². The van der Waals surface area contributed by atoms with Crippen LogP contribution in [0.1, 0.15) is 16.8 Å². The van der Waals surface area contributed by atoms with Gasteiger partial charge in [0.15, 0.2) is 0 Å². The molecule has 2 aromatic rings. The Morgan fingerprint density at radius 1 is 1.17 bits per heavy atom. The summed E-state index contributed by atoms with van der Waals surface area (Å²) in [5.41, 5.74) is 1.50. The Labute approximate surface area is 207 Å². The molecule has 0 spiro atoms. The topological polar surface area (TPSA) is 87.2 Å². The fraction of sp³-hybridized carbons (Fsp3) is 0.360. The molecule has 1 fully saturated rings. The van der Waals surface area contributed by atoms with E-state index in [9.17, 15) is 18.0 Å². The molecule has 192 valence electrons. The number of halogens is 3. The highest BCUT2D eigenvalue weighted by molar-refractivity contribution is 5.99. The fourth-order valence-electron chi connectivity index (χ4n) is 4.13. The molecule has 1 amide bonds. The molecule has 2 heterocycles. The Hall–Kier alpha value is -3.73. The minimum Gasteiger partial charge on any atom is -0.494 e. The van der Waals surface area contributed by atoms with Gasteiger partial charge in [-0.15, -0.1) is 0 Å². The van der Waals surface area contributed by atoms with Crippen LogP contribution in [-0.2, 0) is 4.74 Å². The highest BCUT2D eigenvalue weighted by Gasteiger charge is 2.41. The van der Waals surface area contributed by atoms with Gasteiger partial charge in [0.05, 0.1) is 37.6 Å². The predicted octanol–water partition coefficient (Wildman–Crippen LogP) is 4.03. The van der Waals surface area contributed by atoms with Crippen molar-refractivity contribution in [1.82, 2.24) is 5.32 Å². The van der Waals surface area contributed by atoms with E-state index in [2.05, 4.69) is 25.8 Å². The number of benzene rings is 2. The Morgan fingerprint density at radius 2 is 1.94 bits per heavy atom. The Bertz CT molecular complexity index is 1160. The third-order valence-corrected chi connectivity index (χ3v) is 5.99. The van der Waals surface area contributed by atoms with Crippen molar-refractivity contribution in [1.29, 1.82) is 0 Å². The number of hydrogen-bond donors (Lipinski definition) is 3. The standard InChI is InChI=1S/C25H28F3N5O3/c1-29-24(34)16-4-3-5-17(12-16)31-21-14-23(30-15-19(21)25(26,27)28)32-20-7-6-18(13-22(20)35-2)33-8-10-36-11-9-33/h3-7,12-13,15,21,31H,8-11,14H2,1-2H3,(H,29,34)(H,30,32). The summed E-state index contributed by atoms with van der Waals surface area (Å²) in [5, 5.41) is 8.54. The molecule has 1 saturated heterocycles. The number of anilines is 3. The first-order valence-electron chi connectivity index (χ1n) is 11.5. The summed E-state index contributed by atoms with van der Waals surface area (Å²) in [5.74, 6) is 0.570. The van der Waals surface area contributed by atoms with E-state index in [0.29, 0.717) is 41.7 Å². The molecule has 0 radical (unpaired) electrons. The number of alkyl halides is 3. The maximum atomic E-state index is 13.8. The molecule has 3 N–H and O–H groups in total. The number of rotatable bonds is 6. The highest BCUT2D eigenvalue weighted by Crippen LogP contribution is 2.35. The number of hydrogen-bond acceptors (Lipinski definition) is 7. The van der Waals surface area contributed by atoms with Crippen molar-refractivity contribution in [2.24, 2.45) is 4.99 Å². The zero-order valence-electron chi connectivity index (χ0n) is 20.0. The average Bonchev–Trinajstić information content (AvgIpc) is 2.88. The van der Waals surface area contributed by atoms with Gasteiger partial charge in [-0.1, -0.05) is 6.07 Å². The van der Waals surface area contributed by atoms with E-state index in [1.165, 1.54) is 20.2 Å². The van der Waals surface area contributed by atoms with Gasteiger partial charge >= 0.3 is 6.18 Å². The molecular formula is C25H28F3N5O3. The number of amides is 1. The lowest BCUT2D eigenvalue weighted by Gasteiger charge is -2.30. The predicted molar refractivity (Wildman–Crippen MR) is 133 cm³/mol. The largest absolute Gasteiger partial charge is 0.494 e. The molecule has 4 rings (SSSR count). The number of methoxy groups -OCH3 is 1. The number of ether oxygens (including phenoxy) is 2. The molecular weight excluding hydrogens is 475 g/mol.